The minimum absolute atomic E-state index is 0.261. The van der Waals surface area contributed by atoms with Crippen LogP contribution < -0.4 is 9.80 Å². The summed E-state index contributed by atoms with van der Waals surface area (Å²) in [6.07, 6.45) is 1.83. The van der Waals surface area contributed by atoms with Crippen molar-refractivity contribution in [1.82, 2.24) is 0 Å². The van der Waals surface area contributed by atoms with Crippen molar-refractivity contribution in [1.29, 1.82) is 0 Å². The van der Waals surface area contributed by atoms with Gasteiger partial charge in [-0.05, 0) is 53.6 Å². The highest BCUT2D eigenvalue weighted by atomic mass is 19.1. The Labute approximate surface area is 208 Å². The van der Waals surface area contributed by atoms with Gasteiger partial charge in [0.25, 0.3) is 11.8 Å². The molecule has 1 atom stereocenters. The Kier molecular flexibility index (Phi) is 5.30. The molecule has 0 unspecified atom stereocenters. The van der Waals surface area contributed by atoms with Crippen molar-refractivity contribution >= 4 is 29.3 Å². The maximum absolute atomic E-state index is 14.1. The van der Waals surface area contributed by atoms with Crippen LogP contribution in [-0.2, 0) is 9.59 Å². The Bertz CT molecular complexity index is 1510. The molecule has 0 saturated heterocycles. The van der Waals surface area contributed by atoms with Gasteiger partial charge in [-0.2, -0.15) is 0 Å². The van der Waals surface area contributed by atoms with Crippen molar-refractivity contribution in [2.24, 2.45) is 0 Å². The topological polar surface area (TPSA) is 40.6 Å². The van der Waals surface area contributed by atoms with Gasteiger partial charge in [0.1, 0.15) is 11.5 Å². The highest BCUT2D eigenvalue weighted by Crippen LogP contribution is 2.50. The van der Waals surface area contributed by atoms with Gasteiger partial charge in [-0.15, -0.1) is 0 Å². The quantitative estimate of drug-likeness (QED) is 0.327. The number of carbonyl (C=O) groups is 2. The summed E-state index contributed by atoms with van der Waals surface area (Å²) in [5.41, 5.74) is 4.28. The minimum Gasteiger partial charge on any atom is -0.295 e. The summed E-state index contributed by atoms with van der Waals surface area (Å²) in [5.74, 6) is -0.903. The lowest BCUT2D eigenvalue weighted by atomic mass is 9.93. The molecule has 2 aliphatic rings. The van der Waals surface area contributed by atoms with E-state index in [-0.39, 0.29) is 17.6 Å². The number of hydrogen-bond acceptors (Lipinski definition) is 2. The average molecular weight is 473 g/mol. The van der Waals surface area contributed by atoms with Crippen LogP contribution in [0.5, 0.6) is 0 Å². The summed E-state index contributed by atoms with van der Waals surface area (Å²) in [5, 5.41) is 0. The Morgan fingerprint density at radius 3 is 1.81 bits per heavy atom. The number of rotatable bonds is 4. The third kappa shape index (κ3) is 3.53. The van der Waals surface area contributed by atoms with Crippen molar-refractivity contribution in [3.63, 3.8) is 0 Å². The summed E-state index contributed by atoms with van der Waals surface area (Å²) in [6.45, 7) is 0. The molecule has 2 heterocycles. The first-order chi connectivity index (χ1) is 17.6. The van der Waals surface area contributed by atoms with Gasteiger partial charge < -0.3 is 0 Å². The standard InChI is InChI=1S/C31H21FN2O2/c32-23-18-16-22(17-19-23)28-27-26(20-21-10-4-1-5-11-21)30(35)34(25-14-8-3-9-15-25)29(27)31(36)33(28)24-12-6-2-7-13-24/h1-20,28H/b26-20-/t28-/m1/s1. The SMILES string of the molecule is O=C1/C(=C\c2ccccc2)C2=C(C(=O)N(c3ccccc3)[C@@H]2c2ccc(F)cc2)N1c1ccccc1. The van der Waals surface area contributed by atoms with Crippen molar-refractivity contribution in [2.75, 3.05) is 9.80 Å². The van der Waals surface area contributed by atoms with E-state index in [2.05, 4.69) is 0 Å². The number of anilines is 2. The zero-order chi connectivity index (χ0) is 24.6. The Hall–Kier alpha value is -4.77. The predicted octanol–water partition coefficient (Wildman–Crippen LogP) is 6.30. The monoisotopic (exact) mass is 472 g/mol. The molecule has 4 nitrogen and oxygen atoms in total. The lowest BCUT2D eigenvalue weighted by molar-refractivity contribution is -0.118. The second kappa shape index (κ2) is 8.78. The van der Waals surface area contributed by atoms with E-state index >= 15 is 0 Å². The molecule has 0 fully saturated rings. The Morgan fingerprint density at radius 2 is 1.19 bits per heavy atom. The molecule has 2 amide bonds. The fourth-order valence-corrected chi connectivity index (χ4v) is 4.93. The van der Waals surface area contributed by atoms with Crippen molar-refractivity contribution in [3.8, 4) is 0 Å². The fraction of sp³-hybridized carbons (Fsp3) is 0.0323. The average Bonchev–Trinajstić information content (AvgIpc) is 3.37. The van der Waals surface area contributed by atoms with Crippen LogP contribution in [0.2, 0.25) is 0 Å². The van der Waals surface area contributed by atoms with E-state index in [4.69, 9.17) is 0 Å². The molecule has 0 aliphatic carbocycles. The molecule has 5 heteroatoms. The van der Waals surface area contributed by atoms with Crippen LogP contribution in [0.25, 0.3) is 6.08 Å². The van der Waals surface area contributed by atoms with E-state index in [0.717, 1.165) is 11.1 Å². The van der Waals surface area contributed by atoms with E-state index < -0.39 is 6.04 Å². The number of amides is 2. The van der Waals surface area contributed by atoms with E-state index in [1.807, 2.05) is 97.1 Å². The molecule has 0 spiro atoms. The maximum atomic E-state index is 14.1. The number of para-hydroxylation sites is 2. The minimum atomic E-state index is -0.594. The van der Waals surface area contributed by atoms with Crippen LogP contribution in [0.3, 0.4) is 0 Å². The Morgan fingerprint density at radius 1 is 0.639 bits per heavy atom. The molecular weight excluding hydrogens is 451 g/mol. The molecule has 2 aliphatic heterocycles. The molecule has 6 rings (SSSR count). The lowest BCUT2D eigenvalue weighted by Crippen LogP contribution is -2.38. The predicted molar refractivity (Wildman–Crippen MR) is 138 cm³/mol. The number of nitrogens with zero attached hydrogens (tertiary/aromatic N) is 2. The number of carbonyl (C=O) groups excluding carboxylic acids is 2. The summed E-state index contributed by atoms with van der Waals surface area (Å²) in [4.78, 5) is 31.3. The van der Waals surface area contributed by atoms with Crippen LogP contribution in [0, 0.1) is 5.82 Å². The maximum Gasteiger partial charge on any atom is 0.276 e. The van der Waals surface area contributed by atoms with E-state index in [9.17, 15) is 14.0 Å². The molecule has 0 saturated carbocycles. The highest BCUT2D eigenvalue weighted by molar-refractivity contribution is 6.29. The molecular formula is C31H21FN2O2. The van der Waals surface area contributed by atoms with Gasteiger partial charge in [-0.25, -0.2) is 4.39 Å². The smallest absolute Gasteiger partial charge is 0.276 e. The third-order valence-electron chi connectivity index (χ3n) is 6.50. The Balaban J connectivity index is 1.62. The van der Waals surface area contributed by atoms with Crippen molar-refractivity contribution < 1.29 is 14.0 Å². The van der Waals surface area contributed by atoms with Gasteiger partial charge in [-0.3, -0.25) is 19.4 Å². The summed E-state index contributed by atoms with van der Waals surface area (Å²) in [6, 6.07) is 33.6. The van der Waals surface area contributed by atoms with Crippen molar-refractivity contribution in [2.45, 2.75) is 6.04 Å². The van der Waals surface area contributed by atoms with Crippen LogP contribution in [-0.4, -0.2) is 11.8 Å². The fourth-order valence-electron chi connectivity index (χ4n) is 4.93. The summed E-state index contributed by atoms with van der Waals surface area (Å²) in [7, 11) is 0. The second-order valence-electron chi connectivity index (χ2n) is 8.67. The first kappa shape index (κ1) is 21.7. The van der Waals surface area contributed by atoms with E-state index in [1.54, 1.807) is 17.0 Å². The van der Waals surface area contributed by atoms with Crippen LogP contribution in [0.4, 0.5) is 15.8 Å². The third-order valence-corrected chi connectivity index (χ3v) is 6.50. The highest BCUT2D eigenvalue weighted by Gasteiger charge is 2.52. The van der Waals surface area contributed by atoms with Gasteiger partial charge in [0, 0.05) is 22.5 Å². The molecule has 4 aromatic carbocycles. The van der Waals surface area contributed by atoms with E-state index in [1.165, 1.54) is 17.0 Å². The molecule has 0 bridgehead atoms. The van der Waals surface area contributed by atoms with Crippen LogP contribution in [0.15, 0.2) is 132 Å². The molecule has 0 radical (unpaired) electrons. The second-order valence-corrected chi connectivity index (χ2v) is 8.67. The molecule has 0 aromatic heterocycles. The zero-order valence-electron chi connectivity index (χ0n) is 19.2. The lowest BCUT2D eigenvalue weighted by Gasteiger charge is -2.30. The van der Waals surface area contributed by atoms with Crippen molar-refractivity contribution in [3.05, 3.63) is 149 Å². The summed E-state index contributed by atoms with van der Waals surface area (Å²) >= 11 is 0. The number of hydrogen-bond donors (Lipinski definition) is 0. The largest absolute Gasteiger partial charge is 0.295 e. The summed E-state index contributed by atoms with van der Waals surface area (Å²) < 4.78 is 13.9. The van der Waals surface area contributed by atoms with Gasteiger partial charge in [-0.1, -0.05) is 78.9 Å². The van der Waals surface area contributed by atoms with E-state index in [0.29, 0.717) is 28.2 Å². The normalized spacial score (nSPS) is 18.4. The van der Waals surface area contributed by atoms with Crippen LogP contribution in [0.1, 0.15) is 17.2 Å². The van der Waals surface area contributed by atoms with Gasteiger partial charge in [0.2, 0.25) is 0 Å². The van der Waals surface area contributed by atoms with Crippen LogP contribution >= 0.6 is 0 Å². The van der Waals surface area contributed by atoms with Gasteiger partial charge in [0.15, 0.2) is 0 Å². The number of benzene rings is 4. The zero-order valence-corrected chi connectivity index (χ0v) is 19.2. The molecule has 36 heavy (non-hydrogen) atoms. The van der Waals surface area contributed by atoms with Gasteiger partial charge in [0.05, 0.1) is 6.04 Å². The van der Waals surface area contributed by atoms with Gasteiger partial charge >= 0.3 is 0 Å². The number of halogens is 1. The first-order valence-electron chi connectivity index (χ1n) is 11.7. The first-order valence-corrected chi connectivity index (χ1v) is 11.7. The molecule has 0 N–H and O–H groups in total. The molecule has 174 valence electrons. The molecule has 4 aromatic rings.